The summed E-state index contributed by atoms with van der Waals surface area (Å²) in [4.78, 5) is 0. The number of thiol groups is 1. The summed E-state index contributed by atoms with van der Waals surface area (Å²) in [7, 11) is 0. The third-order valence-corrected chi connectivity index (χ3v) is 5.17. The molecule has 0 bridgehead atoms. The lowest BCUT2D eigenvalue weighted by Crippen LogP contribution is -1.74. The van der Waals surface area contributed by atoms with Crippen molar-refractivity contribution in [2.24, 2.45) is 0 Å². The van der Waals surface area contributed by atoms with Crippen molar-refractivity contribution in [1.29, 1.82) is 0 Å². The molecule has 0 saturated carbocycles. The molecule has 2 aromatic rings. The van der Waals surface area contributed by atoms with Crippen LogP contribution in [0.2, 0.25) is 0 Å². The van der Waals surface area contributed by atoms with Gasteiger partial charge < -0.3 is 0 Å². The largest absolute Gasteiger partial charge is 0.132 e. The van der Waals surface area contributed by atoms with Gasteiger partial charge in [-0.3, -0.25) is 0 Å². The van der Waals surface area contributed by atoms with E-state index in [1.165, 1.54) is 19.2 Å². The van der Waals surface area contributed by atoms with E-state index in [1.54, 1.807) is 11.3 Å². The third kappa shape index (κ3) is 1.28. The fourth-order valence-corrected chi connectivity index (χ4v) is 3.81. The molecule has 0 radical (unpaired) electrons. The minimum Gasteiger partial charge on any atom is -0.132 e. The van der Waals surface area contributed by atoms with Crippen LogP contribution in [0.5, 0.6) is 0 Å². The highest BCUT2D eigenvalue weighted by Crippen LogP contribution is 2.36. The minimum absolute atomic E-state index is 1.12. The first-order chi connectivity index (χ1) is 5.70. The van der Waals surface area contributed by atoms with Crippen molar-refractivity contribution in [2.75, 3.05) is 0 Å². The summed E-state index contributed by atoms with van der Waals surface area (Å²) < 4.78 is 3.75. The van der Waals surface area contributed by atoms with Crippen molar-refractivity contribution >= 4 is 56.6 Å². The van der Waals surface area contributed by atoms with Gasteiger partial charge in [0, 0.05) is 13.7 Å². The van der Waals surface area contributed by atoms with Crippen LogP contribution in [0.4, 0.5) is 0 Å². The predicted molar refractivity (Wildman–Crippen MR) is 66.5 cm³/mol. The summed E-state index contributed by atoms with van der Waals surface area (Å²) in [6, 6.07) is 6.39. The van der Waals surface area contributed by atoms with Gasteiger partial charge in [0.1, 0.15) is 0 Å². The van der Waals surface area contributed by atoms with Crippen molar-refractivity contribution in [3.63, 3.8) is 0 Å². The van der Waals surface area contributed by atoms with Gasteiger partial charge >= 0.3 is 0 Å². The topological polar surface area (TPSA) is 0 Å². The summed E-state index contributed by atoms with van der Waals surface area (Å²) >= 11 is 8.52. The molecule has 0 amide bonds. The van der Waals surface area contributed by atoms with Crippen LogP contribution in [-0.4, -0.2) is 0 Å². The van der Waals surface area contributed by atoms with Crippen molar-refractivity contribution in [1.82, 2.24) is 0 Å². The smallest absolute Gasteiger partial charge is 0.0714 e. The molecular formula is C9H7IS2. The number of rotatable bonds is 0. The summed E-state index contributed by atoms with van der Waals surface area (Å²) in [5.41, 5.74) is 1.34. The van der Waals surface area contributed by atoms with Crippen molar-refractivity contribution in [3.05, 3.63) is 27.3 Å². The normalized spacial score (nSPS) is 10.9. The first kappa shape index (κ1) is 8.84. The van der Waals surface area contributed by atoms with Gasteiger partial charge in [0.2, 0.25) is 0 Å². The van der Waals surface area contributed by atoms with E-state index in [2.05, 4.69) is 60.3 Å². The van der Waals surface area contributed by atoms with Crippen molar-refractivity contribution < 1.29 is 0 Å². The first-order valence-corrected chi connectivity index (χ1v) is 5.91. The van der Waals surface area contributed by atoms with Gasteiger partial charge in [-0.25, -0.2) is 0 Å². The Kier molecular flexibility index (Phi) is 2.35. The van der Waals surface area contributed by atoms with Gasteiger partial charge in [-0.2, -0.15) is 0 Å². The standard InChI is InChI=1S/C9H7IS2/c1-5-3-2-4-6-7(5)8(10)9(11)12-6/h2-4,11H,1H3. The number of benzene rings is 1. The highest BCUT2D eigenvalue weighted by molar-refractivity contribution is 14.1. The Hall–Kier alpha value is 0.260. The Labute approximate surface area is 94.5 Å². The van der Waals surface area contributed by atoms with Crippen LogP contribution >= 0.6 is 46.6 Å². The van der Waals surface area contributed by atoms with Crippen LogP contribution in [0.3, 0.4) is 0 Å². The lowest BCUT2D eigenvalue weighted by Gasteiger charge is -1.94. The molecule has 0 saturated heterocycles. The highest BCUT2D eigenvalue weighted by atomic mass is 127. The van der Waals surface area contributed by atoms with Crippen LogP contribution in [-0.2, 0) is 0 Å². The lowest BCUT2D eigenvalue weighted by atomic mass is 10.2. The zero-order valence-electron chi connectivity index (χ0n) is 6.47. The molecule has 0 unspecified atom stereocenters. The molecule has 0 fully saturated rings. The molecule has 62 valence electrons. The second-order valence-electron chi connectivity index (χ2n) is 2.67. The molecule has 0 nitrogen and oxygen atoms in total. The monoisotopic (exact) mass is 306 g/mol. The Bertz CT molecular complexity index is 431. The van der Waals surface area contributed by atoms with Gasteiger partial charge in [0.05, 0.1) is 4.21 Å². The van der Waals surface area contributed by atoms with Gasteiger partial charge in [-0.05, 0) is 41.1 Å². The number of aryl methyl sites for hydroxylation is 1. The second kappa shape index (κ2) is 3.20. The van der Waals surface area contributed by atoms with E-state index in [0.717, 1.165) is 4.21 Å². The predicted octanol–water partition coefficient (Wildman–Crippen LogP) is 4.10. The molecule has 0 aliphatic heterocycles. The maximum absolute atomic E-state index is 4.41. The zero-order valence-corrected chi connectivity index (χ0v) is 10.3. The summed E-state index contributed by atoms with van der Waals surface area (Å²) in [6.07, 6.45) is 0. The Balaban J connectivity index is 2.97. The number of thiophene rings is 1. The summed E-state index contributed by atoms with van der Waals surface area (Å²) in [6.45, 7) is 2.14. The minimum atomic E-state index is 1.12. The SMILES string of the molecule is Cc1cccc2sc(S)c(I)c12. The Morgan fingerprint density at radius 3 is 2.83 bits per heavy atom. The Morgan fingerprint density at radius 2 is 2.17 bits per heavy atom. The number of hydrogen-bond donors (Lipinski definition) is 1. The number of halogens is 1. The molecule has 0 spiro atoms. The molecule has 0 aliphatic rings. The molecule has 3 heteroatoms. The summed E-state index contributed by atoms with van der Waals surface area (Å²) in [5, 5.41) is 1.37. The average molecular weight is 306 g/mol. The van der Waals surface area contributed by atoms with Crippen LogP contribution in [0.1, 0.15) is 5.56 Å². The second-order valence-corrected chi connectivity index (χ2v) is 5.55. The molecule has 0 atom stereocenters. The van der Waals surface area contributed by atoms with Crippen LogP contribution < -0.4 is 0 Å². The van der Waals surface area contributed by atoms with Crippen molar-refractivity contribution in [2.45, 2.75) is 11.1 Å². The van der Waals surface area contributed by atoms with E-state index in [-0.39, 0.29) is 0 Å². The van der Waals surface area contributed by atoms with Gasteiger partial charge in [0.25, 0.3) is 0 Å². The Morgan fingerprint density at radius 1 is 1.42 bits per heavy atom. The van der Waals surface area contributed by atoms with E-state index in [0.29, 0.717) is 0 Å². The van der Waals surface area contributed by atoms with Gasteiger partial charge in [0.15, 0.2) is 0 Å². The van der Waals surface area contributed by atoms with E-state index in [4.69, 9.17) is 0 Å². The van der Waals surface area contributed by atoms with Crippen LogP contribution in [0, 0.1) is 10.5 Å². The summed E-state index contributed by atoms with van der Waals surface area (Å²) in [5.74, 6) is 0. The lowest BCUT2D eigenvalue weighted by molar-refractivity contribution is 1.52. The van der Waals surface area contributed by atoms with E-state index in [9.17, 15) is 0 Å². The zero-order chi connectivity index (χ0) is 8.72. The number of fused-ring (bicyclic) bond motifs is 1. The fraction of sp³-hybridized carbons (Fsp3) is 0.111. The van der Waals surface area contributed by atoms with E-state index >= 15 is 0 Å². The number of hydrogen-bond acceptors (Lipinski definition) is 2. The molecular weight excluding hydrogens is 299 g/mol. The highest BCUT2D eigenvalue weighted by Gasteiger charge is 2.07. The molecule has 0 aliphatic carbocycles. The van der Waals surface area contributed by atoms with Crippen molar-refractivity contribution in [3.8, 4) is 0 Å². The van der Waals surface area contributed by atoms with E-state index < -0.39 is 0 Å². The maximum Gasteiger partial charge on any atom is 0.0714 e. The molecule has 12 heavy (non-hydrogen) atoms. The third-order valence-electron chi connectivity index (χ3n) is 1.85. The van der Waals surface area contributed by atoms with Gasteiger partial charge in [-0.15, -0.1) is 24.0 Å². The van der Waals surface area contributed by atoms with Crippen LogP contribution in [0.15, 0.2) is 22.4 Å². The molecule has 1 aromatic heterocycles. The van der Waals surface area contributed by atoms with Crippen LogP contribution in [0.25, 0.3) is 10.1 Å². The average Bonchev–Trinajstić information content (AvgIpc) is 2.29. The molecule has 2 rings (SSSR count). The maximum atomic E-state index is 4.41. The fourth-order valence-electron chi connectivity index (χ4n) is 1.26. The molecule has 1 aromatic carbocycles. The molecule has 0 N–H and O–H groups in total. The first-order valence-electron chi connectivity index (χ1n) is 3.56. The quantitative estimate of drug-likeness (QED) is 0.550. The van der Waals surface area contributed by atoms with Gasteiger partial charge in [-0.1, -0.05) is 12.1 Å². The van der Waals surface area contributed by atoms with E-state index in [1.807, 2.05) is 0 Å². The molecule has 1 heterocycles.